The van der Waals surface area contributed by atoms with Crippen LogP contribution in [-0.2, 0) is 0 Å². The predicted octanol–water partition coefficient (Wildman–Crippen LogP) is 2.46. The summed E-state index contributed by atoms with van der Waals surface area (Å²) >= 11 is 0. The number of phenolic OH excluding ortho intramolecular Hbond substituents is 1. The Balaban J connectivity index is 2.75. The lowest BCUT2D eigenvalue weighted by molar-refractivity contribution is 0.476. The fraction of sp³-hybridized carbons (Fsp3) is 0. The van der Waals surface area contributed by atoms with Crippen LogP contribution in [0, 0.1) is 0 Å². The Morgan fingerprint density at radius 1 is 1.39 bits per heavy atom. The van der Waals surface area contributed by atoms with Gasteiger partial charge in [-0.25, -0.2) is 0 Å². The highest BCUT2D eigenvalue weighted by Crippen LogP contribution is 2.19. The second-order valence-electron chi connectivity index (χ2n) is 3.72. The topological polar surface area (TPSA) is 65.4 Å². The van der Waals surface area contributed by atoms with Gasteiger partial charge < -0.3 is 10.1 Å². The molecule has 18 heavy (non-hydrogen) atoms. The second kappa shape index (κ2) is 4.71. The molecule has 0 fully saturated rings. The molecule has 0 atom stereocenters. The number of aromatic amines is 1. The van der Waals surface area contributed by atoms with E-state index in [-0.39, 0.29) is 11.2 Å². The highest BCUT2D eigenvalue weighted by Gasteiger charge is 2.05. The molecule has 0 aliphatic rings. The third kappa shape index (κ3) is 2.08. The van der Waals surface area contributed by atoms with Crippen LogP contribution in [0.4, 0.5) is 0 Å². The summed E-state index contributed by atoms with van der Waals surface area (Å²) < 4.78 is 0. The number of rotatable bonds is 3. The zero-order valence-corrected chi connectivity index (χ0v) is 9.68. The van der Waals surface area contributed by atoms with Gasteiger partial charge in [-0.05, 0) is 24.9 Å². The zero-order chi connectivity index (χ0) is 13.1. The highest BCUT2D eigenvalue weighted by atomic mass is 16.3. The first-order valence-corrected chi connectivity index (χ1v) is 5.31. The zero-order valence-electron chi connectivity index (χ0n) is 9.68. The standard InChI is InChI=1S/C14H12N2O2/c1-3-4-11(15-2)13-8-14(18)10-6-5-9(17)7-12(10)16-13/h3-8,17H,1-2H2,(H,16,18)/b11-4-. The van der Waals surface area contributed by atoms with Gasteiger partial charge >= 0.3 is 0 Å². The van der Waals surface area contributed by atoms with Crippen molar-refractivity contribution >= 4 is 23.3 Å². The van der Waals surface area contributed by atoms with Crippen molar-refractivity contribution < 1.29 is 5.11 Å². The Morgan fingerprint density at radius 3 is 2.83 bits per heavy atom. The van der Waals surface area contributed by atoms with Gasteiger partial charge in [0.15, 0.2) is 5.43 Å². The van der Waals surface area contributed by atoms with Crippen molar-refractivity contribution in [3.8, 4) is 5.75 Å². The van der Waals surface area contributed by atoms with E-state index in [1.54, 1.807) is 18.2 Å². The van der Waals surface area contributed by atoms with E-state index in [9.17, 15) is 9.90 Å². The van der Waals surface area contributed by atoms with Crippen molar-refractivity contribution in [1.29, 1.82) is 0 Å². The van der Waals surface area contributed by atoms with Crippen molar-refractivity contribution in [2.45, 2.75) is 0 Å². The van der Waals surface area contributed by atoms with E-state index >= 15 is 0 Å². The number of fused-ring (bicyclic) bond motifs is 1. The minimum atomic E-state index is -0.141. The number of nitrogens with zero attached hydrogens (tertiary/aromatic N) is 1. The molecule has 0 aliphatic heterocycles. The lowest BCUT2D eigenvalue weighted by atomic mass is 10.1. The van der Waals surface area contributed by atoms with Gasteiger partial charge in [-0.3, -0.25) is 9.79 Å². The number of nitrogens with one attached hydrogen (secondary N) is 1. The molecule has 2 rings (SSSR count). The number of hydrogen-bond donors (Lipinski definition) is 2. The van der Waals surface area contributed by atoms with Crippen LogP contribution in [0.5, 0.6) is 5.75 Å². The number of aliphatic imine (C=N–C) groups is 1. The van der Waals surface area contributed by atoms with Crippen molar-refractivity contribution in [2.24, 2.45) is 4.99 Å². The van der Waals surface area contributed by atoms with Crippen molar-refractivity contribution in [2.75, 3.05) is 0 Å². The van der Waals surface area contributed by atoms with Crippen molar-refractivity contribution in [3.63, 3.8) is 0 Å². The summed E-state index contributed by atoms with van der Waals surface area (Å²) in [7, 11) is 0. The number of allylic oxidation sites excluding steroid dienone is 2. The molecule has 0 saturated carbocycles. The molecule has 1 aromatic heterocycles. The van der Waals surface area contributed by atoms with Crippen LogP contribution in [0.1, 0.15) is 5.69 Å². The summed E-state index contributed by atoms with van der Waals surface area (Å²) in [6, 6.07) is 5.99. The molecule has 1 aromatic carbocycles. The number of aromatic nitrogens is 1. The monoisotopic (exact) mass is 240 g/mol. The molecule has 0 amide bonds. The molecule has 1 heterocycles. The van der Waals surface area contributed by atoms with Gasteiger partial charge in [-0.2, -0.15) is 0 Å². The quantitative estimate of drug-likeness (QED) is 0.639. The maximum absolute atomic E-state index is 11.9. The van der Waals surface area contributed by atoms with E-state index in [1.165, 1.54) is 18.2 Å². The van der Waals surface area contributed by atoms with Gasteiger partial charge in [-0.15, -0.1) is 0 Å². The first-order valence-electron chi connectivity index (χ1n) is 5.31. The minimum absolute atomic E-state index is 0.0936. The SMILES string of the molecule is C=C/C=C(\N=C)c1cc(=O)c2ccc(O)cc2[nH]1. The molecular formula is C14H12N2O2. The van der Waals surface area contributed by atoms with Crippen LogP contribution in [0.2, 0.25) is 0 Å². The van der Waals surface area contributed by atoms with Crippen LogP contribution < -0.4 is 5.43 Å². The van der Waals surface area contributed by atoms with E-state index in [1.807, 2.05) is 0 Å². The van der Waals surface area contributed by atoms with Crippen LogP contribution in [0.3, 0.4) is 0 Å². The van der Waals surface area contributed by atoms with Gasteiger partial charge in [0.2, 0.25) is 0 Å². The molecule has 2 N–H and O–H groups in total. The predicted molar refractivity (Wildman–Crippen MR) is 74.0 cm³/mol. The average Bonchev–Trinajstić information content (AvgIpc) is 2.35. The Morgan fingerprint density at radius 2 is 2.17 bits per heavy atom. The molecule has 2 aromatic rings. The summed E-state index contributed by atoms with van der Waals surface area (Å²) in [6.07, 6.45) is 3.21. The maximum atomic E-state index is 11.9. The fourth-order valence-electron chi connectivity index (χ4n) is 1.72. The molecule has 0 unspecified atom stereocenters. The molecule has 0 spiro atoms. The smallest absolute Gasteiger partial charge is 0.190 e. The Bertz CT molecular complexity index is 711. The van der Waals surface area contributed by atoms with Crippen LogP contribution >= 0.6 is 0 Å². The van der Waals surface area contributed by atoms with Crippen molar-refractivity contribution in [1.82, 2.24) is 4.98 Å². The number of hydrogen-bond acceptors (Lipinski definition) is 3. The average molecular weight is 240 g/mol. The number of aromatic hydroxyl groups is 1. The lowest BCUT2D eigenvalue weighted by Gasteiger charge is -2.04. The van der Waals surface area contributed by atoms with E-state index in [0.717, 1.165) is 0 Å². The van der Waals surface area contributed by atoms with Crippen molar-refractivity contribution in [3.05, 3.63) is 58.9 Å². The molecule has 0 bridgehead atoms. The summed E-state index contributed by atoms with van der Waals surface area (Å²) in [4.78, 5) is 18.8. The van der Waals surface area contributed by atoms with Gasteiger partial charge in [0.05, 0.1) is 16.9 Å². The van der Waals surface area contributed by atoms with Crippen LogP contribution in [-0.4, -0.2) is 16.8 Å². The minimum Gasteiger partial charge on any atom is -0.508 e. The number of pyridine rings is 1. The molecule has 90 valence electrons. The summed E-state index contributed by atoms with van der Waals surface area (Å²) in [5, 5.41) is 9.94. The van der Waals surface area contributed by atoms with Gasteiger partial charge in [0, 0.05) is 17.5 Å². The largest absolute Gasteiger partial charge is 0.508 e. The van der Waals surface area contributed by atoms with E-state index in [0.29, 0.717) is 22.3 Å². The first-order chi connectivity index (χ1) is 8.65. The molecule has 4 nitrogen and oxygen atoms in total. The maximum Gasteiger partial charge on any atom is 0.190 e. The number of phenols is 1. The number of H-pyrrole nitrogens is 1. The molecular weight excluding hydrogens is 228 g/mol. The molecule has 0 radical (unpaired) electrons. The summed E-state index contributed by atoms with van der Waals surface area (Å²) in [5.74, 6) is 0.0936. The third-order valence-corrected chi connectivity index (χ3v) is 2.54. The van der Waals surface area contributed by atoms with Crippen LogP contribution in [0.15, 0.2) is 52.8 Å². The fourth-order valence-corrected chi connectivity index (χ4v) is 1.72. The normalized spacial score (nSPS) is 11.4. The van der Waals surface area contributed by atoms with E-state index in [2.05, 4.69) is 23.3 Å². The summed E-state index contributed by atoms with van der Waals surface area (Å²) in [6.45, 7) is 7.02. The van der Waals surface area contributed by atoms with Gasteiger partial charge in [0.1, 0.15) is 5.75 Å². The Labute approximate surface area is 104 Å². The molecule has 0 aliphatic carbocycles. The van der Waals surface area contributed by atoms with Gasteiger partial charge in [0.25, 0.3) is 0 Å². The second-order valence-corrected chi connectivity index (χ2v) is 3.72. The molecule has 4 heteroatoms. The Hall–Kier alpha value is -2.62. The van der Waals surface area contributed by atoms with E-state index < -0.39 is 0 Å². The molecule has 0 saturated heterocycles. The van der Waals surface area contributed by atoms with E-state index in [4.69, 9.17) is 0 Å². The Kier molecular flexibility index (Phi) is 3.10. The highest BCUT2D eigenvalue weighted by molar-refractivity contribution is 5.82. The number of benzene rings is 1. The first kappa shape index (κ1) is 11.9. The third-order valence-electron chi connectivity index (χ3n) is 2.54. The van der Waals surface area contributed by atoms with Crippen LogP contribution in [0.25, 0.3) is 16.6 Å². The lowest BCUT2D eigenvalue weighted by Crippen LogP contribution is -2.04. The summed E-state index contributed by atoms with van der Waals surface area (Å²) in [5.41, 5.74) is 1.47. The van der Waals surface area contributed by atoms with Gasteiger partial charge in [-0.1, -0.05) is 12.7 Å².